The van der Waals surface area contributed by atoms with Gasteiger partial charge in [0.2, 0.25) is 5.91 Å². The molecule has 2 N–H and O–H groups in total. The molecule has 2 aromatic carbocycles. The van der Waals surface area contributed by atoms with Gasteiger partial charge < -0.3 is 20.3 Å². The van der Waals surface area contributed by atoms with Crippen molar-refractivity contribution in [2.24, 2.45) is 0 Å². The lowest BCUT2D eigenvalue weighted by atomic mass is 10.2. The Balaban J connectivity index is 1.64. The molecule has 0 aromatic heterocycles. The van der Waals surface area contributed by atoms with E-state index in [4.69, 9.17) is 4.74 Å². The van der Waals surface area contributed by atoms with E-state index in [0.717, 1.165) is 42.3 Å². The van der Waals surface area contributed by atoms with Crippen LogP contribution in [0.15, 0.2) is 48.5 Å². The van der Waals surface area contributed by atoms with E-state index in [9.17, 15) is 4.79 Å². The highest BCUT2D eigenvalue weighted by atomic mass is 16.5. The zero-order valence-electron chi connectivity index (χ0n) is 13.9. The van der Waals surface area contributed by atoms with Gasteiger partial charge >= 0.3 is 0 Å². The van der Waals surface area contributed by atoms with Crippen molar-refractivity contribution in [2.45, 2.75) is 13.3 Å². The third-order valence-electron chi connectivity index (χ3n) is 3.95. The number of nitrogens with zero attached hydrogens (tertiary/aromatic N) is 1. The molecule has 0 radical (unpaired) electrons. The van der Waals surface area contributed by atoms with Gasteiger partial charge in [-0.05, 0) is 49.7 Å². The van der Waals surface area contributed by atoms with Crippen molar-refractivity contribution in [2.75, 3.05) is 41.8 Å². The van der Waals surface area contributed by atoms with Crippen molar-refractivity contribution >= 4 is 23.0 Å². The minimum atomic E-state index is -0.0177. The number of para-hydroxylation sites is 2. The standard InChI is InChI=1S/C19H23N3O2/c1-2-24-16-10-8-15(9-11-16)21-19(23)14-22-13-5-12-20-17-6-3-4-7-18(17)22/h3-4,6-11,20H,2,5,12-14H2,1H3,(H,21,23). The lowest BCUT2D eigenvalue weighted by Gasteiger charge is -2.23. The van der Waals surface area contributed by atoms with Crippen LogP contribution in [0.25, 0.3) is 0 Å². The number of fused-ring (bicyclic) bond motifs is 1. The van der Waals surface area contributed by atoms with Crippen LogP contribution in [0, 0.1) is 0 Å². The summed E-state index contributed by atoms with van der Waals surface area (Å²) < 4.78 is 5.41. The van der Waals surface area contributed by atoms with E-state index < -0.39 is 0 Å². The fraction of sp³-hybridized carbons (Fsp3) is 0.316. The number of rotatable bonds is 5. The first kappa shape index (κ1) is 16.2. The molecular formula is C19H23N3O2. The Bertz CT molecular complexity index is 685. The summed E-state index contributed by atoms with van der Waals surface area (Å²) in [6.07, 6.45) is 1.00. The normalized spacial score (nSPS) is 13.5. The first-order chi connectivity index (χ1) is 11.8. The third-order valence-corrected chi connectivity index (χ3v) is 3.95. The maximum absolute atomic E-state index is 12.4. The van der Waals surface area contributed by atoms with E-state index in [1.54, 1.807) is 0 Å². The summed E-state index contributed by atoms with van der Waals surface area (Å²) in [6.45, 7) is 4.71. The maximum Gasteiger partial charge on any atom is 0.243 e. The number of carbonyl (C=O) groups is 1. The second-order valence-electron chi connectivity index (χ2n) is 5.72. The number of amides is 1. The first-order valence-corrected chi connectivity index (χ1v) is 8.37. The molecular weight excluding hydrogens is 302 g/mol. The lowest BCUT2D eigenvalue weighted by molar-refractivity contribution is -0.115. The molecule has 1 heterocycles. The smallest absolute Gasteiger partial charge is 0.243 e. The average molecular weight is 325 g/mol. The average Bonchev–Trinajstić information content (AvgIpc) is 2.79. The number of hydrogen-bond acceptors (Lipinski definition) is 4. The molecule has 0 atom stereocenters. The van der Waals surface area contributed by atoms with Gasteiger partial charge in [0.25, 0.3) is 0 Å². The molecule has 0 unspecified atom stereocenters. The van der Waals surface area contributed by atoms with Crippen molar-refractivity contribution in [3.05, 3.63) is 48.5 Å². The third kappa shape index (κ3) is 3.98. The van der Waals surface area contributed by atoms with Gasteiger partial charge in [-0.1, -0.05) is 12.1 Å². The quantitative estimate of drug-likeness (QED) is 0.885. The Morgan fingerprint density at radius 3 is 2.79 bits per heavy atom. The van der Waals surface area contributed by atoms with Crippen LogP contribution < -0.4 is 20.3 Å². The Morgan fingerprint density at radius 2 is 2.00 bits per heavy atom. The molecule has 2 aromatic rings. The molecule has 1 amide bonds. The highest BCUT2D eigenvalue weighted by molar-refractivity contribution is 5.94. The van der Waals surface area contributed by atoms with Gasteiger partial charge in [0.05, 0.1) is 24.5 Å². The summed E-state index contributed by atoms with van der Waals surface area (Å²) >= 11 is 0. The second kappa shape index (κ2) is 7.73. The molecule has 0 saturated heterocycles. The predicted molar refractivity (Wildman–Crippen MR) is 98.0 cm³/mol. The SMILES string of the molecule is CCOc1ccc(NC(=O)CN2CCCNc3ccccc32)cc1. The molecule has 1 aliphatic heterocycles. The van der Waals surface area contributed by atoms with Crippen molar-refractivity contribution in [1.82, 2.24) is 0 Å². The number of anilines is 3. The van der Waals surface area contributed by atoms with E-state index in [-0.39, 0.29) is 5.91 Å². The van der Waals surface area contributed by atoms with Gasteiger partial charge in [-0.15, -0.1) is 0 Å². The molecule has 0 bridgehead atoms. The van der Waals surface area contributed by atoms with E-state index in [0.29, 0.717) is 13.2 Å². The van der Waals surface area contributed by atoms with Crippen molar-refractivity contribution in [3.8, 4) is 5.75 Å². The predicted octanol–water partition coefficient (Wildman–Crippen LogP) is 3.35. The minimum absolute atomic E-state index is 0.0177. The van der Waals surface area contributed by atoms with E-state index in [2.05, 4.69) is 27.7 Å². The monoisotopic (exact) mass is 325 g/mol. The van der Waals surface area contributed by atoms with Crippen LogP contribution in [0.1, 0.15) is 13.3 Å². The van der Waals surface area contributed by atoms with E-state index in [1.165, 1.54) is 0 Å². The van der Waals surface area contributed by atoms with Crippen LogP contribution in [-0.4, -0.2) is 32.1 Å². The van der Waals surface area contributed by atoms with Crippen LogP contribution >= 0.6 is 0 Å². The van der Waals surface area contributed by atoms with Gasteiger partial charge in [0.1, 0.15) is 5.75 Å². The van der Waals surface area contributed by atoms with Crippen LogP contribution in [0.5, 0.6) is 5.75 Å². The van der Waals surface area contributed by atoms with Crippen LogP contribution in [0.2, 0.25) is 0 Å². The van der Waals surface area contributed by atoms with Crippen molar-refractivity contribution in [3.63, 3.8) is 0 Å². The van der Waals surface area contributed by atoms with Crippen LogP contribution in [0.4, 0.5) is 17.1 Å². The molecule has 1 aliphatic rings. The van der Waals surface area contributed by atoms with Gasteiger partial charge in [0.15, 0.2) is 0 Å². The van der Waals surface area contributed by atoms with Gasteiger partial charge in [-0.2, -0.15) is 0 Å². The Labute approximate surface area is 142 Å². The Morgan fingerprint density at radius 1 is 1.21 bits per heavy atom. The number of ether oxygens (including phenoxy) is 1. The summed E-state index contributed by atoms with van der Waals surface area (Å²) in [5, 5.41) is 6.36. The lowest BCUT2D eigenvalue weighted by Crippen LogP contribution is -2.33. The van der Waals surface area contributed by atoms with E-state index in [1.807, 2.05) is 43.3 Å². The summed E-state index contributed by atoms with van der Waals surface area (Å²) in [5.74, 6) is 0.791. The maximum atomic E-state index is 12.4. The molecule has 126 valence electrons. The molecule has 5 heteroatoms. The van der Waals surface area contributed by atoms with Crippen molar-refractivity contribution < 1.29 is 9.53 Å². The van der Waals surface area contributed by atoms with E-state index >= 15 is 0 Å². The summed E-state index contributed by atoms with van der Waals surface area (Å²) in [7, 11) is 0. The molecule has 24 heavy (non-hydrogen) atoms. The molecule has 0 fully saturated rings. The molecule has 5 nitrogen and oxygen atoms in total. The molecule has 0 spiro atoms. The number of nitrogens with one attached hydrogen (secondary N) is 2. The summed E-state index contributed by atoms with van der Waals surface area (Å²) in [4.78, 5) is 14.5. The zero-order chi connectivity index (χ0) is 16.8. The van der Waals surface area contributed by atoms with Crippen molar-refractivity contribution in [1.29, 1.82) is 0 Å². The fourth-order valence-corrected chi connectivity index (χ4v) is 2.85. The van der Waals surface area contributed by atoms with Gasteiger partial charge in [-0.25, -0.2) is 0 Å². The Kier molecular flexibility index (Phi) is 5.21. The largest absolute Gasteiger partial charge is 0.494 e. The zero-order valence-corrected chi connectivity index (χ0v) is 13.9. The number of carbonyl (C=O) groups excluding carboxylic acids is 1. The van der Waals surface area contributed by atoms with Gasteiger partial charge in [0, 0.05) is 18.8 Å². The van der Waals surface area contributed by atoms with Crippen LogP contribution in [-0.2, 0) is 4.79 Å². The van der Waals surface area contributed by atoms with Crippen LogP contribution in [0.3, 0.4) is 0 Å². The topological polar surface area (TPSA) is 53.6 Å². The summed E-state index contributed by atoms with van der Waals surface area (Å²) in [6, 6.07) is 15.6. The molecule has 3 rings (SSSR count). The first-order valence-electron chi connectivity index (χ1n) is 8.37. The highest BCUT2D eigenvalue weighted by Gasteiger charge is 2.17. The fourth-order valence-electron chi connectivity index (χ4n) is 2.85. The minimum Gasteiger partial charge on any atom is -0.494 e. The number of benzene rings is 2. The second-order valence-corrected chi connectivity index (χ2v) is 5.72. The van der Waals surface area contributed by atoms with Gasteiger partial charge in [-0.3, -0.25) is 4.79 Å². The highest BCUT2D eigenvalue weighted by Crippen LogP contribution is 2.27. The molecule has 0 aliphatic carbocycles. The molecule has 0 saturated carbocycles. The summed E-state index contributed by atoms with van der Waals surface area (Å²) in [5.41, 5.74) is 2.95. The number of hydrogen-bond donors (Lipinski definition) is 2. The Hall–Kier alpha value is -2.69.